The van der Waals surface area contributed by atoms with E-state index < -0.39 is 23.2 Å². The third-order valence-electron chi connectivity index (χ3n) is 3.66. The largest absolute Gasteiger partial charge is 0.416 e. The summed E-state index contributed by atoms with van der Waals surface area (Å²) in [6.07, 6.45) is -4.47. The monoisotopic (exact) mass is 347 g/mol. The van der Waals surface area contributed by atoms with Crippen LogP contribution in [0.2, 0.25) is 0 Å². The Bertz CT molecular complexity index is 971. The van der Waals surface area contributed by atoms with Crippen molar-refractivity contribution in [2.75, 3.05) is 0 Å². The van der Waals surface area contributed by atoms with Crippen LogP contribution >= 0.6 is 0 Å². The third kappa shape index (κ3) is 3.10. The summed E-state index contributed by atoms with van der Waals surface area (Å²) in [6.45, 7) is 0. The van der Waals surface area contributed by atoms with Crippen molar-refractivity contribution in [1.82, 2.24) is 14.3 Å². The molecule has 128 valence electrons. The summed E-state index contributed by atoms with van der Waals surface area (Å²) in [5.74, 6) is -0.554. The molecule has 3 rings (SSSR count). The van der Waals surface area contributed by atoms with Crippen LogP contribution < -0.4 is 5.69 Å². The van der Waals surface area contributed by atoms with Gasteiger partial charge in [-0.3, -0.25) is 9.36 Å². The highest BCUT2D eigenvalue weighted by Gasteiger charge is 2.30. The molecule has 5 nitrogen and oxygen atoms in total. The first-order chi connectivity index (χ1) is 11.8. The molecular weight excluding hydrogens is 335 g/mol. The average Bonchev–Trinajstić information content (AvgIpc) is 2.90. The maximum atomic E-state index is 12.6. The van der Waals surface area contributed by atoms with Gasteiger partial charge in [-0.2, -0.15) is 17.9 Å². The van der Waals surface area contributed by atoms with Gasteiger partial charge in [-0.25, -0.2) is 4.79 Å². The number of nitrogens with zero attached hydrogens (tertiary/aromatic N) is 3. The van der Waals surface area contributed by atoms with Gasteiger partial charge >= 0.3 is 11.9 Å². The summed E-state index contributed by atoms with van der Waals surface area (Å²) in [6, 6.07) is 12.3. The Morgan fingerprint density at radius 2 is 1.60 bits per heavy atom. The van der Waals surface area contributed by atoms with Crippen molar-refractivity contribution in [2.45, 2.75) is 6.18 Å². The van der Waals surface area contributed by atoms with Crippen molar-refractivity contribution in [1.29, 1.82) is 0 Å². The van der Waals surface area contributed by atoms with Crippen LogP contribution in [0, 0.1) is 0 Å². The number of benzene rings is 2. The second-order valence-electron chi connectivity index (χ2n) is 5.32. The Kier molecular flexibility index (Phi) is 4.03. The molecule has 0 spiro atoms. The van der Waals surface area contributed by atoms with Gasteiger partial charge in [-0.15, -0.1) is 5.10 Å². The Labute approximate surface area is 139 Å². The summed E-state index contributed by atoms with van der Waals surface area (Å²) >= 11 is 0. The van der Waals surface area contributed by atoms with Gasteiger partial charge in [0.1, 0.15) is 0 Å². The topological polar surface area (TPSA) is 56.9 Å². The first-order valence-electron chi connectivity index (χ1n) is 7.22. The molecule has 0 unspecified atom stereocenters. The Hall–Kier alpha value is -3.16. The molecule has 3 aromatic rings. The minimum Gasteiger partial charge on any atom is -0.285 e. The average molecular weight is 347 g/mol. The molecule has 0 aliphatic rings. The van der Waals surface area contributed by atoms with Crippen LogP contribution in [0.1, 0.15) is 21.7 Å². The molecule has 0 amide bonds. The van der Waals surface area contributed by atoms with Crippen LogP contribution in [0.25, 0.3) is 5.69 Å². The molecule has 0 fully saturated rings. The van der Waals surface area contributed by atoms with Gasteiger partial charge in [0.15, 0.2) is 0 Å². The Balaban J connectivity index is 2.02. The molecule has 8 heteroatoms. The molecule has 0 aliphatic carbocycles. The summed E-state index contributed by atoms with van der Waals surface area (Å²) in [5, 5.41) is 3.98. The molecular formula is C17H12F3N3O2. The molecule has 1 heterocycles. The second kappa shape index (κ2) is 6.04. The van der Waals surface area contributed by atoms with E-state index in [0.29, 0.717) is 5.56 Å². The van der Waals surface area contributed by atoms with Crippen molar-refractivity contribution in [2.24, 2.45) is 7.05 Å². The quantitative estimate of drug-likeness (QED) is 0.685. The van der Waals surface area contributed by atoms with Gasteiger partial charge in [0.05, 0.1) is 11.3 Å². The van der Waals surface area contributed by atoms with Crippen LogP contribution in [0.4, 0.5) is 13.2 Å². The molecule has 25 heavy (non-hydrogen) atoms. The summed E-state index contributed by atoms with van der Waals surface area (Å²) in [7, 11) is 1.38. The van der Waals surface area contributed by atoms with Crippen molar-refractivity contribution >= 4 is 5.78 Å². The van der Waals surface area contributed by atoms with Crippen LogP contribution in [-0.2, 0) is 13.2 Å². The van der Waals surface area contributed by atoms with E-state index in [1.807, 2.05) is 0 Å². The molecule has 0 saturated carbocycles. The molecule has 0 N–H and O–H groups in total. The fraction of sp³-hybridized carbons (Fsp3) is 0.118. The lowest BCUT2D eigenvalue weighted by Crippen LogP contribution is -2.22. The number of rotatable bonds is 3. The molecule has 0 atom stereocenters. The predicted molar refractivity (Wildman–Crippen MR) is 83.7 cm³/mol. The number of carbonyl (C=O) groups excluding carboxylic acids is 1. The smallest absolute Gasteiger partial charge is 0.285 e. The van der Waals surface area contributed by atoms with Crippen LogP contribution in [0.5, 0.6) is 0 Å². The summed E-state index contributed by atoms with van der Waals surface area (Å²) in [4.78, 5) is 24.8. The highest BCUT2D eigenvalue weighted by atomic mass is 19.4. The number of hydrogen-bond acceptors (Lipinski definition) is 3. The van der Waals surface area contributed by atoms with Crippen molar-refractivity contribution in [3.05, 3.63) is 82.0 Å². The SMILES string of the molecule is Cn1c(C(=O)c2ccccc2)nn(-c2ccc(C(F)(F)F)cc2)c1=O. The maximum Gasteiger partial charge on any atom is 0.416 e. The standard InChI is InChI=1S/C17H12F3N3O2/c1-22-15(14(24)11-5-3-2-4-6-11)21-23(16(22)25)13-9-7-12(8-10-13)17(18,19)20/h2-10H,1H3. The van der Waals surface area contributed by atoms with E-state index in [0.717, 1.165) is 33.5 Å². The Morgan fingerprint density at radius 1 is 1.00 bits per heavy atom. The number of aromatic nitrogens is 3. The van der Waals surface area contributed by atoms with Gasteiger partial charge in [-0.05, 0) is 24.3 Å². The first-order valence-corrected chi connectivity index (χ1v) is 7.22. The van der Waals surface area contributed by atoms with Gasteiger partial charge in [0, 0.05) is 12.6 Å². The first kappa shape index (κ1) is 16.7. The van der Waals surface area contributed by atoms with E-state index in [-0.39, 0.29) is 11.5 Å². The number of hydrogen-bond donors (Lipinski definition) is 0. The fourth-order valence-electron chi connectivity index (χ4n) is 2.31. The maximum absolute atomic E-state index is 12.6. The number of alkyl halides is 3. The van der Waals surface area contributed by atoms with Crippen LogP contribution in [0.3, 0.4) is 0 Å². The highest BCUT2D eigenvalue weighted by molar-refractivity contribution is 6.06. The summed E-state index contributed by atoms with van der Waals surface area (Å²) < 4.78 is 39.9. The highest BCUT2D eigenvalue weighted by Crippen LogP contribution is 2.29. The number of ketones is 1. The lowest BCUT2D eigenvalue weighted by Gasteiger charge is -2.06. The summed E-state index contributed by atoms with van der Waals surface area (Å²) in [5.41, 5.74) is -0.962. The van der Waals surface area contributed by atoms with E-state index in [2.05, 4.69) is 5.10 Å². The van der Waals surface area contributed by atoms with E-state index in [9.17, 15) is 22.8 Å². The van der Waals surface area contributed by atoms with Gasteiger partial charge < -0.3 is 0 Å². The van der Waals surface area contributed by atoms with Crippen molar-refractivity contribution in [3.63, 3.8) is 0 Å². The molecule has 0 saturated heterocycles. The lowest BCUT2D eigenvalue weighted by molar-refractivity contribution is -0.137. The lowest BCUT2D eigenvalue weighted by atomic mass is 10.1. The predicted octanol–water partition coefficient (Wildman–Crippen LogP) is 2.82. The van der Waals surface area contributed by atoms with Crippen molar-refractivity contribution in [3.8, 4) is 5.69 Å². The number of carbonyl (C=O) groups is 1. The second-order valence-corrected chi connectivity index (χ2v) is 5.32. The van der Waals surface area contributed by atoms with Gasteiger partial charge in [-0.1, -0.05) is 30.3 Å². The third-order valence-corrected chi connectivity index (χ3v) is 3.66. The zero-order chi connectivity index (χ0) is 18.2. The molecule has 0 aliphatic heterocycles. The fourth-order valence-corrected chi connectivity index (χ4v) is 2.31. The van der Waals surface area contributed by atoms with Crippen molar-refractivity contribution < 1.29 is 18.0 Å². The van der Waals surface area contributed by atoms with E-state index in [1.165, 1.54) is 7.05 Å². The number of halogens is 3. The van der Waals surface area contributed by atoms with Gasteiger partial charge in [0.25, 0.3) is 0 Å². The van der Waals surface area contributed by atoms with E-state index in [4.69, 9.17) is 0 Å². The molecule has 2 aromatic carbocycles. The molecule has 1 aromatic heterocycles. The van der Waals surface area contributed by atoms with Gasteiger partial charge in [0.2, 0.25) is 11.6 Å². The van der Waals surface area contributed by atoms with E-state index in [1.54, 1.807) is 30.3 Å². The van der Waals surface area contributed by atoms with Crippen LogP contribution in [0.15, 0.2) is 59.4 Å². The molecule has 0 bridgehead atoms. The minimum absolute atomic E-state index is 0.101. The molecule has 0 radical (unpaired) electrons. The minimum atomic E-state index is -4.47. The van der Waals surface area contributed by atoms with Crippen LogP contribution in [-0.4, -0.2) is 20.1 Å². The zero-order valence-corrected chi connectivity index (χ0v) is 13.0. The van der Waals surface area contributed by atoms with E-state index >= 15 is 0 Å². The normalized spacial score (nSPS) is 11.5. The zero-order valence-electron chi connectivity index (χ0n) is 13.0. The Morgan fingerprint density at radius 3 is 2.16 bits per heavy atom.